The summed E-state index contributed by atoms with van der Waals surface area (Å²) in [7, 11) is 0. The van der Waals surface area contributed by atoms with E-state index in [2.05, 4.69) is 31.0 Å². The lowest BCUT2D eigenvalue weighted by molar-refractivity contribution is 0.0505. The Balaban J connectivity index is -0.00000128. The maximum atomic E-state index is 3.63. The first-order chi connectivity index (χ1) is 15.8. The van der Waals surface area contributed by atoms with E-state index in [9.17, 15) is 0 Å². The number of nitrogens with zero attached hydrogens (tertiary/aromatic N) is 1. The maximum absolute atomic E-state index is 3.63. The number of unbranched alkanes of at least 4 members (excludes halogenated alkanes) is 19. The van der Waals surface area contributed by atoms with Crippen molar-refractivity contribution in [2.45, 2.75) is 168 Å². The van der Waals surface area contributed by atoms with Gasteiger partial charge in [-0.3, -0.25) is 4.90 Å². The Morgan fingerprint density at radius 1 is 0.528 bits per heavy atom. The van der Waals surface area contributed by atoms with Gasteiger partial charge in [0.25, 0.3) is 0 Å². The molecule has 1 rings (SSSR count). The zero-order valence-electron chi connectivity index (χ0n) is 25.1. The lowest BCUT2D eigenvalue weighted by Gasteiger charge is -2.47. The topological polar surface area (TPSA) is 85.3 Å². The predicted octanol–water partition coefficient (Wildman–Crippen LogP) is 10.8. The van der Waals surface area contributed by atoms with Gasteiger partial charge in [-0.2, -0.15) is 0 Å². The van der Waals surface area contributed by atoms with E-state index in [1.807, 2.05) is 0 Å². The van der Waals surface area contributed by atoms with E-state index in [1.54, 1.807) is 0 Å². The zero-order chi connectivity index (χ0) is 23.2. The summed E-state index contributed by atoms with van der Waals surface area (Å²) in [6.07, 6.45) is 31.9. The Bertz CT molecular complexity index is 395. The third-order valence-corrected chi connectivity index (χ3v) is 8.28. The van der Waals surface area contributed by atoms with E-state index in [-0.39, 0.29) is 46.3 Å². The van der Waals surface area contributed by atoms with Gasteiger partial charge in [0.2, 0.25) is 0 Å². The van der Waals surface area contributed by atoms with Gasteiger partial charge in [0, 0.05) is 25.2 Å². The Morgan fingerprint density at radius 3 is 1.19 bits per heavy atom. The molecule has 1 aliphatic heterocycles. The fourth-order valence-electron chi connectivity index (χ4n) is 5.74. The number of hydrogen-bond acceptors (Lipinski definition) is 4. The molecule has 4 nitrogen and oxygen atoms in total. The Hall–Kier alpha value is 0.800. The molecule has 0 aliphatic carbocycles. The Labute approximate surface area is 249 Å². The quantitative estimate of drug-likeness (QED) is 0.0965. The average molecular weight is 647 g/mol. The maximum Gasteiger partial charge on any atom is 0.0329 e. The number of halogens is 2. The van der Waals surface area contributed by atoms with E-state index >= 15 is 0 Å². The molecule has 6 heteroatoms. The van der Waals surface area contributed by atoms with Gasteiger partial charge in [-0.25, -0.2) is 0 Å². The van der Waals surface area contributed by atoms with Crippen LogP contribution in [0.2, 0.25) is 0 Å². The standard InChI is InChI=1S/C30H62N2.2BrH.2H3N/c1-4-7-8-9-10-11-12-13-14-15-16-17-18-19-20-21-22-23-24-25-27-32-28-26-31-29-30(32,5-2)6-3;;;;/h31H,4-29H2,1-3H3;2*1H;2*1H3. The molecular weight excluding hydrogens is 576 g/mol. The lowest BCUT2D eigenvalue weighted by atomic mass is 9.88. The van der Waals surface area contributed by atoms with Crippen molar-refractivity contribution in [3.63, 3.8) is 0 Å². The minimum atomic E-state index is 0. The summed E-state index contributed by atoms with van der Waals surface area (Å²) in [6.45, 7) is 12.0. The molecule has 0 unspecified atom stereocenters. The van der Waals surface area contributed by atoms with Crippen LogP contribution in [0.1, 0.15) is 162 Å². The molecule has 0 spiro atoms. The van der Waals surface area contributed by atoms with Gasteiger partial charge in [-0.1, -0.05) is 143 Å². The van der Waals surface area contributed by atoms with Gasteiger partial charge in [0.15, 0.2) is 0 Å². The highest BCUT2D eigenvalue weighted by Crippen LogP contribution is 2.26. The molecule has 1 aliphatic rings. The third kappa shape index (κ3) is 21.7. The second-order valence-electron chi connectivity index (χ2n) is 10.8. The number of piperazine rings is 1. The molecular formula is C30H70Br2N4. The first kappa shape index (κ1) is 43.8. The van der Waals surface area contributed by atoms with E-state index in [4.69, 9.17) is 0 Å². The van der Waals surface area contributed by atoms with Gasteiger partial charge in [0.1, 0.15) is 0 Å². The summed E-state index contributed by atoms with van der Waals surface area (Å²) in [6, 6.07) is 0. The summed E-state index contributed by atoms with van der Waals surface area (Å²) in [5.74, 6) is 0. The molecule has 1 saturated heterocycles. The molecule has 224 valence electrons. The SMILES string of the molecule is Br.Br.CCCCCCCCCCCCCCCCCCCCCCN1CCNCC1(CC)CC.N.N. The van der Waals surface area contributed by atoms with Crippen molar-refractivity contribution >= 4 is 34.0 Å². The van der Waals surface area contributed by atoms with Gasteiger partial charge in [-0.05, 0) is 25.8 Å². The van der Waals surface area contributed by atoms with Crippen LogP contribution in [0.3, 0.4) is 0 Å². The fourth-order valence-corrected chi connectivity index (χ4v) is 5.74. The van der Waals surface area contributed by atoms with Crippen molar-refractivity contribution in [1.29, 1.82) is 0 Å². The third-order valence-electron chi connectivity index (χ3n) is 8.28. The normalized spacial score (nSPS) is 14.8. The number of nitrogens with one attached hydrogen (secondary N) is 1. The predicted molar refractivity (Wildman–Crippen MR) is 176 cm³/mol. The molecule has 36 heavy (non-hydrogen) atoms. The average Bonchev–Trinajstić information content (AvgIpc) is 2.83. The van der Waals surface area contributed by atoms with Crippen LogP contribution in [0.15, 0.2) is 0 Å². The molecule has 0 atom stereocenters. The molecule has 0 aromatic heterocycles. The zero-order valence-corrected chi connectivity index (χ0v) is 28.5. The van der Waals surface area contributed by atoms with Crippen LogP contribution in [-0.2, 0) is 0 Å². The molecule has 0 saturated carbocycles. The fraction of sp³-hybridized carbons (Fsp3) is 1.00. The monoisotopic (exact) mass is 644 g/mol. The highest BCUT2D eigenvalue weighted by atomic mass is 79.9. The second kappa shape index (κ2) is 32.0. The van der Waals surface area contributed by atoms with Gasteiger partial charge in [-0.15, -0.1) is 34.0 Å². The van der Waals surface area contributed by atoms with Crippen LogP contribution in [0.4, 0.5) is 0 Å². The van der Waals surface area contributed by atoms with Crippen molar-refractivity contribution in [3.8, 4) is 0 Å². The molecule has 0 radical (unpaired) electrons. The van der Waals surface area contributed by atoms with Crippen LogP contribution in [-0.4, -0.2) is 36.6 Å². The molecule has 0 aromatic rings. The first-order valence-electron chi connectivity index (χ1n) is 15.2. The van der Waals surface area contributed by atoms with Crippen molar-refractivity contribution in [2.75, 3.05) is 26.2 Å². The minimum absolute atomic E-state index is 0. The molecule has 0 amide bonds. The van der Waals surface area contributed by atoms with Crippen molar-refractivity contribution in [1.82, 2.24) is 22.5 Å². The van der Waals surface area contributed by atoms with Crippen LogP contribution in [0.5, 0.6) is 0 Å². The summed E-state index contributed by atoms with van der Waals surface area (Å²) in [5, 5.41) is 3.63. The highest BCUT2D eigenvalue weighted by Gasteiger charge is 2.34. The first-order valence-corrected chi connectivity index (χ1v) is 15.2. The van der Waals surface area contributed by atoms with Crippen molar-refractivity contribution < 1.29 is 0 Å². The summed E-state index contributed by atoms with van der Waals surface area (Å²) >= 11 is 0. The molecule has 1 heterocycles. The molecule has 0 aromatic carbocycles. The molecule has 7 N–H and O–H groups in total. The van der Waals surface area contributed by atoms with E-state index < -0.39 is 0 Å². The van der Waals surface area contributed by atoms with Gasteiger partial charge in [0.05, 0.1) is 0 Å². The van der Waals surface area contributed by atoms with Crippen LogP contribution in [0, 0.1) is 0 Å². The molecule has 1 fully saturated rings. The van der Waals surface area contributed by atoms with Crippen molar-refractivity contribution in [3.05, 3.63) is 0 Å². The van der Waals surface area contributed by atoms with Crippen LogP contribution in [0.25, 0.3) is 0 Å². The number of rotatable bonds is 23. The highest BCUT2D eigenvalue weighted by molar-refractivity contribution is 8.93. The molecule has 0 bridgehead atoms. The van der Waals surface area contributed by atoms with E-state index in [1.165, 1.54) is 167 Å². The largest absolute Gasteiger partial charge is 0.344 e. The van der Waals surface area contributed by atoms with Gasteiger partial charge < -0.3 is 17.6 Å². The smallest absolute Gasteiger partial charge is 0.0329 e. The van der Waals surface area contributed by atoms with E-state index in [0.29, 0.717) is 5.54 Å². The second-order valence-corrected chi connectivity index (χ2v) is 10.8. The summed E-state index contributed by atoms with van der Waals surface area (Å²) < 4.78 is 0. The number of hydrogen-bond donors (Lipinski definition) is 3. The minimum Gasteiger partial charge on any atom is -0.344 e. The Morgan fingerprint density at radius 2 is 0.861 bits per heavy atom. The summed E-state index contributed by atoms with van der Waals surface area (Å²) in [4.78, 5) is 2.80. The lowest BCUT2D eigenvalue weighted by Crippen LogP contribution is -2.60. The summed E-state index contributed by atoms with van der Waals surface area (Å²) in [5.41, 5.74) is 0.437. The van der Waals surface area contributed by atoms with E-state index in [0.717, 1.165) is 0 Å². The van der Waals surface area contributed by atoms with Crippen LogP contribution < -0.4 is 17.6 Å². The Kier molecular flexibility index (Phi) is 39.0. The van der Waals surface area contributed by atoms with Crippen LogP contribution >= 0.6 is 34.0 Å². The van der Waals surface area contributed by atoms with Crippen molar-refractivity contribution in [2.24, 2.45) is 0 Å². The van der Waals surface area contributed by atoms with Gasteiger partial charge >= 0.3 is 0 Å².